The van der Waals surface area contributed by atoms with Crippen molar-refractivity contribution in [3.8, 4) is 11.5 Å². The third-order valence-electron chi connectivity index (χ3n) is 2.42. The minimum Gasteiger partial charge on any atom is -0.494 e. The molecule has 2 rings (SSSR count). The van der Waals surface area contributed by atoms with Crippen LogP contribution in [0.4, 0.5) is 0 Å². The fourth-order valence-corrected chi connectivity index (χ4v) is 2.39. The topological polar surface area (TPSA) is 44.5 Å². The maximum absolute atomic E-state index is 5.73. The van der Waals surface area contributed by atoms with Crippen LogP contribution in [-0.4, -0.2) is 6.61 Å². The maximum Gasteiger partial charge on any atom is 0.123 e. The molecule has 0 fully saturated rings. The minimum atomic E-state index is 0.570. The fraction of sp³-hybridized carbons (Fsp3) is 0.286. The molecule has 1 aromatic heterocycles. The Morgan fingerprint density at radius 2 is 1.78 bits per heavy atom. The second-order valence-corrected chi connectivity index (χ2v) is 5.02. The van der Waals surface area contributed by atoms with E-state index in [1.807, 2.05) is 37.3 Å². The van der Waals surface area contributed by atoms with Crippen molar-refractivity contribution in [2.45, 2.75) is 20.1 Å². The summed E-state index contributed by atoms with van der Waals surface area (Å²) >= 11 is 1.69. The third kappa shape index (κ3) is 3.48. The zero-order valence-electron chi connectivity index (χ0n) is 10.4. The van der Waals surface area contributed by atoms with Crippen LogP contribution in [-0.2, 0) is 13.2 Å². The molecule has 96 valence electrons. The van der Waals surface area contributed by atoms with Gasteiger partial charge < -0.3 is 15.2 Å². The highest BCUT2D eigenvalue weighted by molar-refractivity contribution is 7.11. The molecule has 2 N–H and O–H groups in total. The van der Waals surface area contributed by atoms with Gasteiger partial charge in [0, 0.05) is 22.4 Å². The molecule has 0 saturated carbocycles. The fourth-order valence-electron chi connectivity index (χ4n) is 1.58. The van der Waals surface area contributed by atoms with E-state index < -0.39 is 0 Å². The first-order valence-corrected chi connectivity index (χ1v) is 6.76. The van der Waals surface area contributed by atoms with Gasteiger partial charge in [-0.1, -0.05) is 6.07 Å². The highest BCUT2D eigenvalue weighted by atomic mass is 32.1. The Kier molecular flexibility index (Phi) is 4.61. The SMILES string of the molecule is CCOc1cccc(OCc2ccc(CN)s2)c1. The van der Waals surface area contributed by atoms with E-state index in [4.69, 9.17) is 15.2 Å². The summed E-state index contributed by atoms with van der Waals surface area (Å²) in [5.74, 6) is 1.66. The summed E-state index contributed by atoms with van der Waals surface area (Å²) < 4.78 is 11.2. The van der Waals surface area contributed by atoms with Gasteiger partial charge in [0.2, 0.25) is 0 Å². The van der Waals surface area contributed by atoms with Crippen molar-refractivity contribution in [1.29, 1.82) is 0 Å². The standard InChI is InChI=1S/C14H17NO2S/c1-2-16-11-4-3-5-12(8-11)17-10-14-7-6-13(9-15)18-14/h3-8H,2,9-10,15H2,1H3. The lowest BCUT2D eigenvalue weighted by molar-refractivity contribution is 0.302. The van der Waals surface area contributed by atoms with Gasteiger partial charge in [-0.15, -0.1) is 11.3 Å². The van der Waals surface area contributed by atoms with E-state index in [0.29, 0.717) is 19.8 Å². The molecule has 0 spiro atoms. The molecule has 4 heteroatoms. The zero-order chi connectivity index (χ0) is 12.8. The predicted octanol–water partition coefficient (Wildman–Crippen LogP) is 3.18. The van der Waals surface area contributed by atoms with Crippen molar-refractivity contribution in [3.05, 3.63) is 46.2 Å². The lowest BCUT2D eigenvalue weighted by atomic mass is 10.3. The lowest BCUT2D eigenvalue weighted by Crippen LogP contribution is -1.95. The first-order chi connectivity index (χ1) is 8.81. The van der Waals surface area contributed by atoms with E-state index in [1.165, 1.54) is 9.75 Å². The summed E-state index contributed by atoms with van der Waals surface area (Å²) in [5, 5.41) is 0. The van der Waals surface area contributed by atoms with Gasteiger partial charge in [0.25, 0.3) is 0 Å². The molecule has 1 aromatic carbocycles. The molecule has 0 unspecified atom stereocenters. The molecular weight excluding hydrogens is 246 g/mol. The van der Waals surface area contributed by atoms with Crippen LogP contribution in [0.3, 0.4) is 0 Å². The molecule has 0 bridgehead atoms. The summed E-state index contributed by atoms with van der Waals surface area (Å²) in [6, 6.07) is 11.8. The van der Waals surface area contributed by atoms with Crippen LogP contribution in [0.2, 0.25) is 0 Å². The molecule has 0 aliphatic carbocycles. The highest BCUT2D eigenvalue weighted by Crippen LogP contribution is 2.22. The Morgan fingerprint density at radius 1 is 1.06 bits per heavy atom. The van der Waals surface area contributed by atoms with Gasteiger partial charge in [0.1, 0.15) is 18.1 Å². The average Bonchev–Trinajstić information content (AvgIpc) is 2.85. The maximum atomic E-state index is 5.73. The Labute approximate surface area is 111 Å². The zero-order valence-corrected chi connectivity index (χ0v) is 11.2. The number of nitrogens with two attached hydrogens (primary N) is 1. The molecule has 0 atom stereocenters. The van der Waals surface area contributed by atoms with Crippen LogP contribution in [0.1, 0.15) is 16.7 Å². The van der Waals surface area contributed by atoms with Crippen LogP contribution < -0.4 is 15.2 Å². The van der Waals surface area contributed by atoms with Crippen LogP contribution >= 0.6 is 11.3 Å². The van der Waals surface area contributed by atoms with Crippen molar-refractivity contribution in [2.24, 2.45) is 5.73 Å². The van der Waals surface area contributed by atoms with Crippen molar-refractivity contribution in [3.63, 3.8) is 0 Å². The number of hydrogen-bond acceptors (Lipinski definition) is 4. The predicted molar refractivity (Wildman–Crippen MR) is 74.2 cm³/mol. The van der Waals surface area contributed by atoms with E-state index in [2.05, 4.69) is 6.07 Å². The summed E-state index contributed by atoms with van der Waals surface area (Å²) in [5.41, 5.74) is 5.58. The van der Waals surface area contributed by atoms with E-state index in [-0.39, 0.29) is 0 Å². The molecule has 0 amide bonds. The van der Waals surface area contributed by atoms with Crippen molar-refractivity contribution in [2.75, 3.05) is 6.61 Å². The molecule has 0 aliphatic heterocycles. The largest absolute Gasteiger partial charge is 0.494 e. The van der Waals surface area contributed by atoms with E-state index in [1.54, 1.807) is 11.3 Å². The first-order valence-electron chi connectivity index (χ1n) is 5.95. The van der Waals surface area contributed by atoms with Crippen LogP contribution in [0, 0.1) is 0 Å². The van der Waals surface area contributed by atoms with Gasteiger partial charge in [-0.25, -0.2) is 0 Å². The van der Waals surface area contributed by atoms with Crippen molar-refractivity contribution in [1.82, 2.24) is 0 Å². The van der Waals surface area contributed by atoms with Crippen LogP contribution in [0.5, 0.6) is 11.5 Å². The molecule has 1 heterocycles. The van der Waals surface area contributed by atoms with Crippen LogP contribution in [0.15, 0.2) is 36.4 Å². The van der Waals surface area contributed by atoms with E-state index in [0.717, 1.165) is 11.5 Å². The van der Waals surface area contributed by atoms with Gasteiger partial charge in [0.15, 0.2) is 0 Å². The van der Waals surface area contributed by atoms with E-state index in [9.17, 15) is 0 Å². The molecular formula is C14H17NO2S. The summed E-state index contributed by atoms with van der Waals surface area (Å²) in [7, 11) is 0. The number of rotatable bonds is 6. The number of hydrogen-bond donors (Lipinski definition) is 1. The quantitative estimate of drug-likeness (QED) is 0.870. The highest BCUT2D eigenvalue weighted by Gasteiger charge is 2.01. The van der Waals surface area contributed by atoms with Gasteiger partial charge in [0.05, 0.1) is 6.61 Å². The molecule has 2 aromatic rings. The minimum absolute atomic E-state index is 0.570. The number of thiophene rings is 1. The summed E-state index contributed by atoms with van der Waals surface area (Å²) in [4.78, 5) is 2.36. The van der Waals surface area contributed by atoms with Gasteiger partial charge in [-0.2, -0.15) is 0 Å². The van der Waals surface area contributed by atoms with Crippen LogP contribution in [0.25, 0.3) is 0 Å². The monoisotopic (exact) mass is 263 g/mol. The molecule has 0 aliphatic rings. The van der Waals surface area contributed by atoms with Gasteiger partial charge >= 0.3 is 0 Å². The van der Waals surface area contributed by atoms with Gasteiger partial charge in [-0.05, 0) is 31.2 Å². The Bertz CT molecular complexity index is 496. The summed E-state index contributed by atoms with van der Waals surface area (Å²) in [6.07, 6.45) is 0. The first kappa shape index (κ1) is 12.9. The molecule has 0 radical (unpaired) electrons. The van der Waals surface area contributed by atoms with Gasteiger partial charge in [-0.3, -0.25) is 0 Å². The molecule has 18 heavy (non-hydrogen) atoms. The Hall–Kier alpha value is -1.52. The normalized spacial score (nSPS) is 10.3. The number of benzene rings is 1. The second-order valence-electron chi connectivity index (χ2n) is 3.77. The molecule has 0 saturated heterocycles. The summed E-state index contributed by atoms with van der Waals surface area (Å²) in [6.45, 7) is 3.78. The molecule has 3 nitrogen and oxygen atoms in total. The Balaban J connectivity index is 1.94. The number of ether oxygens (including phenoxy) is 2. The second kappa shape index (κ2) is 6.42. The smallest absolute Gasteiger partial charge is 0.123 e. The van der Waals surface area contributed by atoms with E-state index >= 15 is 0 Å². The van der Waals surface area contributed by atoms with Crippen molar-refractivity contribution < 1.29 is 9.47 Å². The van der Waals surface area contributed by atoms with Crippen molar-refractivity contribution >= 4 is 11.3 Å². The average molecular weight is 263 g/mol. The Morgan fingerprint density at radius 3 is 2.44 bits per heavy atom. The lowest BCUT2D eigenvalue weighted by Gasteiger charge is -2.07. The third-order valence-corrected chi connectivity index (χ3v) is 3.50.